The molecule has 96 heavy (non-hydrogen) atoms. The van der Waals surface area contributed by atoms with Crippen LogP contribution in [0.5, 0.6) is 0 Å². The molecular weight excluding hydrogens is 1270 g/mol. The molecule has 1 rings (SSSR count). The smallest absolute Gasteiger partial charge is 0.246 e. The van der Waals surface area contributed by atoms with Gasteiger partial charge in [-0.25, -0.2) is 4.21 Å². The Morgan fingerprint density at radius 3 is 1.27 bits per heavy atom. The van der Waals surface area contributed by atoms with E-state index < -0.39 is 186 Å². The molecule has 1 aliphatic heterocycles. The van der Waals surface area contributed by atoms with Gasteiger partial charge in [0.1, 0.15) is 60.4 Å². The molecule has 0 aromatic carbocycles. The maximum Gasteiger partial charge on any atom is 0.246 e. The molecule has 0 saturated carbocycles. The summed E-state index contributed by atoms with van der Waals surface area (Å²) in [7, 11) is 7.20. The molecule has 0 radical (unpaired) electrons. The predicted molar refractivity (Wildman–Crippen MR) is 378 cm³/mol. The van der Waals surface area contributed by atoms with Gasteiger partial charge in [-0.05, 0) is 111 Å². The summed E-state index contributed by atoms with van der Waals surface area (Å²) >= 11 is -1.65. The molecule has 28 heteroatoms. The van der Waals surface area contributed by atoms with E-state index in [9.17, 15) is 37.8 Å². The Hall–Kier alpha value is -5.58. The highest BCUT2D eigenvalue weighted by Gasteiger charge is 2.50. The molecule has 1 heterocycles. The van der Waals surface area contributed by atoms with Gasteiger partial charge in [-0.2, -0.15) is 0 Å². The molecule has 0 aliphatic carbocycles. The van der Waals surface area contributed by atoms with Crippen LogP contribution in [0.1, 0.15) is 171 Å². The summed E-state index contributed by atoms with van der Waals surface area (Å²) < 4.78 is 25.1. The van der Waals surface area contributed by atoms with E-state index in [2.05, 4.69) is 21.3 Å². The largest absolute Gasteiger partial charge is 0.412 e. The number of nitrogens with one attached hydrogen (secondary N) is 4. The number of carbonyl (C=O) groups excluding carboxylic acids is 11. The zero-order valence-electron chi connectivity index (χ0n) is 64.2. The fourth-order valence-electron chi connectivity index (χ4n) is 11.5. The van der Waals surface area contributed by atoms with E-state index in [0.717, 1.165) is 4.90 Å². The van der Waals surface area contributed by atoms with Crippen molar-refractivity contribution in [2.75, 3.05) is 68.7 Å². The summed E-state index contributed by atoms with van der Waals surface area (Å²) in [6, 6.07) is -12.4. The van der Waals surface area contributed by atoms with Gasteiger partial charge < -0.3 is 65.5 Å². The fraction of sp³-hybridized carbons (Fsp3) is 0.838. The minimum absolute atomic E-state index is 0. The van der Waals surface area contributed by atoms with Gasteiger partial charge in [-0.3, -0.25) is 56.9 Å². The Morgan fingerprint density at radius 1 is 0.469 bits per heavy atom. The average Bonchev–Trinajstić information content (AvgIpc) is 0.794. The summed E-state index contributed by atoms with van der Waals surface area (Å²) in [4.78, 5) is 173. The quantitative estimate of drug-likeness (QED) is 0.130. The highest BCUT2D eigenvalue weighted by atomic mass is 32.2. The zero-order chi connectivity index (χ0) is 74.1. The Kier molecular flexibility index (Phi) is 37.0. The van der Waals surface area contributed by atoms with Crippen molar-refractivity contribution in [2.24, 2.45) is 47.3 Å². The first kappa shape index (κ1) is 90.4. The second-order valence-electron chi connectivity index (χ2n) is 30.9. The molecule has 556 valence electrons. The van der Waals surface area contributed by atoms with Crippen molar-refractivity contribution in [1.29, 1.82) is 0 Å². The SMILES string of the molecule is CC(C)C[C@@H]1C(=O)N(C)[C@H](CC(C)C)C(=O)N(C)[C@H](C(C)C)C(=O)N(C)[C@H]([C@H](O[Si](C)(C)C(C)(C)C)[C@H](C)CCOS(C)=O)C(=O)N[C@H](C(C)C)C(=O)N(C)CC(=O)N(C)[C@@H](CC(C)C)C(=O)N[C@H](C(C)C)C(=O)N(C)[C@H](CC(C)C)C(=O)N[C@H](C)C(=O)N[C@@H](C)C(=O)N1C.O. The third-order valence-corrected chi connectivity index (χ3v) is 23.5. The maximum absolute atomic E-state index is 15.9. The monoisotopic (exact) mass is 1400 g/mol. The second kappa shape index (κ2) is 39.3. The van der Waals surface area contributed by atoms with Crippen molar-refractivity contribution in [2.45, 2.75) is 255 Å². The Morgan fingerprint density at radius 2 is 0.844 bits per heavy atom. The van der Waals surface area contributed by atoms with Crippen molar-refractivity contribution in [1.82, 2.24) is 55.6 Å². The third kappa shape index (κ3) is 25.6. The topological polar surface area (TPSA) is 326 Å². The van der Waals surface area contributed by atoms with E-state index in [-0.39, 0.29) is 67.9 Å². The first-order chi connectivity index (χ1) is 43.4. The molecule has 0 spiro atoms. The summed E-state index contributed by atoms with van der Waals surface area (Å²) in [6.07, 6.45) is 1.07. The summed E-state index contributed by atoms with van der Waals surface area (Å²) in [5.41, 5.74) is 0. The second-order valence-corrected chi connectivity index (χ2v) is 36.7. The Balaban J connectivity index is 0.0000902. The number of hydrogen-bond donors (Lipinski definition) is 4. The molecular formula is C68H129N11O15SSi. The molecule has 1 unspecified atom stereocenters. The van der Waals surface area contributed by atoms with E-state index in [1.54, 1.807) is 41.5 Å². The van der Waals surface area contributed by atoms with Crippen molar-refractivity contribution in [3.63, 3.8) is 0 Å². The molecule has 11 amide bonds. The number of hydrogen-bond acceptors (Lipinski definition) is 14. The van der Waals surface area contributed by atoms with Gasteiger partial charge in [0.05, 0.1) is 19.3 Å². The van der Waals surface area contributed by atoms with Crippen LogP contribution in [0.15, 0.2) is 0 Å². The normalized spacial score (nSPS) is 25.8. The number of amides is 11. The van der Waals surface area contributed by atoms with Crippen molar-refractivity contribution < 1.29 is 71.0 Å². The van der Waals surface area contributed by atoms with Crippen molar-refractivity contribution in [3.05, 3.63) is 0 Å². The highest BCUT2D eigenvalue weighted by molar-refractivity contribution is 7.79. The van der Waals surface area contributed by atoms with Gasteiger partial charge in [0.25, 0.3) is 0 Å². The predicted octanol–water partition coefficient (Wildman–Crippen LogP) is 4.45. The molecule has 6 N–H and O–H groups in total. The van der Waals surface area contributed by atoms with Gasteiger partial charge in [0.15, 0.2) is 19.4 Å². The lowest BCUT2D eigenvalue weighted by Gasteiger charge is -2.46. The summed E-state index contributed by atoms with van der Waals surface area (Å²) in [5, 5.41) is 10.8. The van der Waals surface area contributed by atoms with E-state index in [1.807, 2.05) is 96.2 Å². The van der Waals surface area contributed by atoms with Crippen molar-refractivity contribution in [3.8, 4) is 0 Å². The number of carbonyl (C=O) groups is 11. The van der Waals surface area contributed by atoms with E-state index in [0.29, 0.717) is 0 Å². The zero-order valence-corrected chi connectivity index (χ0v) is 66.0. The molecule has 13 atom stereocenters. The molecule has 1 aliphatic rings. The van der Waals surface area contributed by atoms with Gasteiger partial charge in [0.2, 0.25) is 65.0 Å². The molecule has 26 nitrogen and oxygen atoms in total. The fourth-order valence-corrected chi connectivity index (χ4v) is 13.2. The van der Waals surface area contributed by atoms with Crippen LogP contribution in [0.25, 0.3) is 0 Å². The number of likely N-dealkylation sites (N-methyl/N-ethyl adjacent to an activating group) is 7. The highest BCUT2D eigenvalue weighted by Crippen LogP contribution is 2.40. The van der Waals surface area contributed by atoms with Crippen LogP contribution >= 0.6 is 0 Å². The van der Waals surface area contributed by atoms with Gasteiger partial charge >= 0.3 is 0 Å². The molecule has 0 aromatic rings. The third-order valence-electron chi connectivity index (χ3n) is 18.6. The minimum atomic E-state index is -2.92. The van der Waals surface area contributed by atoms with Crippen LogP contribution in [-0.4, -0.2) is 253 Å². The Labute approximate surface area is 579 Å². The van der Waals surface area contributed by atoms with Crippen LogP contribution in [0.3, 0.4) is 0 Å². The van der Waals surface area contributed by atoms with E-state index in [4.69, 9.17) is 8.61 Å². The van der Waals surface area contributed by atoms with Crippen LogP contribution in [0.2, 0.25) is 18.1 Å². The molecule has 1 fully saturated rings. The average molecular weight is 1400 g/mol. The first-order valence-electron chi connectivity index (χ1n) is 34.1. The molecule has 1 saturated heterocycles. The minimum Gasteiger partial charge on any atom is -0.412 e. The van der Waals surface area contributed by atoms with Crippen molar-refractivity contribution >= 4 is 84.4 Å². The Bertz CT molecular complexity index is 2650. The molecule has 0 aromatic heterocycles. The molecule has 0 bridgehead atoms. The summed E-state index contributed by atoms with van der Waals surface area (Å²) in [6.45, 7) is 39.6. The van der Waals surface area contributed by atoms with E-state index >= 15 is 19.2 Å². The van der Waals surface area contributed by atoms with Gasteiger partial charge in [-0.15, -0.1) is 0 Å². The van der Waals surface area contributed by atoms with Gasteiger partial charge in [-0.1, -0.05) is 125 Å². The first-order valence-corrected chi connectivity index (χ1v) is 38.5. The lowest BCUT2D eigenvalue weighted by Crippen LogP contribution is -2.65. The number of rotatable bonds is 19. The summed E-state index contributed by atoms with van der Waals surface area (Å²) in [5.74, 6) is -10.3. The lowest BCUT2D eigenvalue weighted by atomic mass is 9.91. The van der Waals surface area contributed by atoms with Crippen LogP contribution in [0.4, 0.5) is 0 Å². The van der Waals surface area contributed by atoms with Crippen LogP contribution in [0, 0.1) is 47.3 Å². The van der Waals surface area contributed by atoms with Crippen LogP contribution < -0.4 is 21.3 Å². The van der Waals surface area contributed by atoms with Gasteiger partial charge in [0, 0.05) is 55.6 Å². The maximum atomic E-state index is 15.9. The lowest BCUT2D eigenvalue weighted by molar-refractivity contribution is -0.157. The standard InChI is InChI=1S/C68H127N11O14SSi.H2O/c1-38(2)33-48-60(83)71-54(43(11)12)66(89)75(23)49(34-39(3)4)59(82)69-46(16)58(81)70-47(17)62(85)76(24)50(35-40(5)6)63(86)77(25)51(36-41(7)8)64(87)78(26)55(44(13)14)67(90)79(27)56(57(45(15)31-32-92-94(28)91)93-95(29,30)68(18,19)20)61(84)72-53(42(9)10)65(88)73(21)37-52(80)74(48)22;/h38-51,53-57H,31-37H2,1-30H3,(H,69,82)(H,70,81)(H,71,83)(H,72,84);1H2/t45-,46-,47+,48+,49-,50-,51-,53-,54-,55-,56-,57-,94?;/m1./s1. The van der Waals surface area contributed by atoms with Crippen LogP contribution in [-0.2, 0) is 72.4 Å². The van der Waals surface area contributed by atoms with E-state index in [1.165, 1.54) is 98.8 Å². The number of nitrogens with zero attached hydrogens (tertiary/aromatic N) is 7.